The lowest BCUT2D eigenvalue weighted by molar-refractivity contribution is 0.0839. The van der Waals surface area contributed by atoms with Crippen molar-refractivity contribution >= 4 is 0 Å². The Labute approximate surface area is 74.6 Å². The first-order valence-electron chi connectivity index (χ1n) is 5.15. The van der Waals surface area contributed by atoms with Crippen LogP contribution in [0.1, 0.15) is 32.1 Å². The smallest absolute Gasteiger partial charge is 0.0695 e. The first-order chi connectivity index (χ1) is 5.77. The Bertz CT molecular complexity index is 156. The molecule has 0 amide bonds. The highest BCUT2D eigenvalue weighted by atomic mass is 16.3. The Morgan fingerprint density at radius 1 is 1.25 bits per heavy atom. The van der Waals surface area contributed by atoms with Gasteiger partial charge in [0, 0.05) is 12.6 Å². The molecule has 2 nitrogen and oxygen atoms in total. The van der Waals surface area contributed by atoms with E-state index in [9.17, 15) is 5.11 Å². The van der Waals surface area contributed by atoms with Crippen molar-refractivity contribution in [1.29, 1.82) is 0 Å². The van der Waals surface area contributed by atoms with E-state index in [0.29, 0.717) is 6.04 Å². The highest BCUT2D eigenvalue weighted by molar-refractivity contribution is 4.86. The third-order valence-electron chi connectivity index (χ3n) is 3.25. The lowest BCUT2D eigenvalue weighted by atomic mass is 10.2. The molecule has 0 spiro atoms. The molecule has 0 aromatic rings. The zero-order chi connectivity index (χ0) is 8.55. The fraction of sp³-hybridized carbons (Fsp3) is 1.00. The maximum absolute atomic E-state index is 9.65. The van der Waals surface area contributed by atoms with Crippen LogP contribution in [0.4, 0.5) is 0 Å². The molecule has 2 heteroatoms. The van der Waals surface area contributed by atoms with Gasteiger partial charge in [0.15, 0.2) is 0 Å². The van der Waals surface area contributed by atoms with Crippen molar-refractivity contribution in [3.05, 3.63) is 0 Å². The standard InChI is InChI=1S/C10H19NO/c1-11(7-8-5-6-8)9-3-2-4-10(9)12/h8-10,12H,2-7H2,1H3/t9-,10-/m1/s1. The maximum atomic E-state index is 9.65. The molecule has 2 rings (SSSR count). The van der Waals surface area contributed by atoms with Crippen molar-refractivity contribution in [2.75, 3.05) is 13.6 Å². The van der Waals surface area contributed by atoms with Crippen LogP contribution in [0, 0.1) is 5.92 Å². The zero-order valence-electron chi connectivity index (χ0n) is 7.87. The molecule has 0 bridgehead atoms. The zero-order valence-corrected chi connectivity index (χ0v) is 7.87. The summed E-state index contributed by atoms with van der Waals surface area (Å²) < 4.78 is 0. The predicted octanol–water partition coefficient (Wildman–Crippen LogP) is 1.24. The number of nitrogens with zero attached hydrogens (tertiary/aromatic N) is 1. The van der Waals surface area contributed by atoms with E-state index in [1.54, 1.807) is 0 Å². The molecule has 0 aromatic carbocycles. The van der Waals surface area contributed by atoms with Gasteiger partial charge in [-0.2, -0.15) is 0 Å². The fourth-order valence-electron chi connectivity index (χ4n) is 2.28. The number of hydrogen-bond donors (Lipinski definition) is 1. The molecule has 70 valence electrons. The molecular weight excluding hydrogens is 150 g/mol. The summed E-state index contributed by atoms with van der Waals surface area (Å²) in [4.78, 5) is 2.37. The lowest BCUT2D eigenvalue weighted by Gasteiger charge is -2.26. The van der Waals surface area contributed by atoms with Gasteiger partial charge in [-0.3, -0.25) is 0 Å². The van der Waals surface area contributed by atoms with Crippen molar-refractivity contribution in [2.24, 2.45) is 5.92 Å². The molecule has 2 fully saturated rings. The van der Waals surface area contributed by atoms with Gasteiger partial charge in [0.25, 0.3) is 0 Å². The second kappa shape index (κ2) is 3.35. The molecule has 0 aliphatic heterocycles. The van der Waals surface area contributed by atoms with Crippen LogP contribution in [0.25, 0.3) is 0 Å². The fourth-order valence-corrected chi connectivity index (χ4v) is 2.28. The molecule has 0 heterocycles. The van der Waals surface area contributed by atoms with E-state index < -0.39 is 0 Å². The van der Waals surface area contributed by atoms with Gasteiger partial charge in [-0.05, 0) is 45.1 Å². The molecule has 2 atom stereocenters. The summed E-state index contributed by atoms with van der Waals surface area (Å²) in [6.45, 7) is 1.21. The quantitative estimate of drug-likeness (QED) is 0.687. The van der Waals surface area contributed by atoms with Crippen LogP contribution in [0.2, 0.25) is 0 Å². The molecule has 2 saturated carbocycles. The lowest BCUT2D eigenvalue weighted by Crippen LogP contribution is -2.38. The average molecular weight is 169 g/mol. The third-order valence-corrected chi connectivity index (χ3v) is 3.25. The average Bonchev–Trinajstić information content (AvgIpc) is 2.72. The van der Waals surface area contributed by atoms with E-state index in [4.69, 9.17) is 0 Å². The summed E-state index contributed by atoms with van der Waals surface area (Å²) in [5.74, 6) is 0.947. The molecular formula is C10H19NO. The molecule has 2 aliphatic rings. The van der Waals surface area contributed by atoms with E-state index in [-0.39, 0.29) is 6.10 Å². The summed E-state index contributed by atoms with van der Waals surface area (Å²) >= 11 is 0. The van der Waals surface area contributed by atoms with Crippen molar-refractivity contribution < 1.29 is 5.11 Å². The van der Waals surface area contributed by atoms with E-state index in [1.165, 1.54) is 32.2 Å². The summed E-state index contributed by atoms with van der Waals surface area (Å²) in [6, 6.07) is 0.464. The predicted molar refractivity (Wildman–Crippen MR) is 49.0 cm³/mol. The Balaban J connectivity index is 1.80. The number of aliphatic hydroxyl groups excluding tert-OH is 1. The first kappa shape index (κ1) is 8.52. The molecule has 0 radical (unpaired) electrons. The number of likely N-dealkylation sites (N-methyl/N-ethyl adjacent to an activating group) is 1. The van der Waals surface area contributed by atoms with Gasteiger partial charge in [0.1, 0.15) is 0 Å². The topological polar surface area (TPSA) is 23.5 Å². The third kappa shape index (κ3) is 1.80. The Morgan fingerprint density at radius 3 is 2.50 bits per heavy atom. The van der Waals surface area contributed by atoms with Crippen LogP contribution < -0.4 is 0 Å². The first-order valence-corrected chi connectivity index (χ1v) is 5.15. The van der Waals surface area contributed by atoms with Gasteiger partial charge in [0.05, 0.1) is 6.10 Å². The van der Waals surface area contributed by atoms with Gasteiger partial charge in [-0.15, -0.1) is 0 Å². The maximum Gasteiger partial charge on any atom is 0.0695 e. The van der Waals surface area contributed by atoms with Crippen LogP contribution in [-0.4, -0.2) is 35.7 Å². The second-order valence-electron chi connectivity index (χ2n) is 4.45. The minimum atomic E-state index is -0.0475. The van der Waals surface area contributed by atoms with Gasteiger partial charge in [0.2, 0.25) is 0 Å². The highest BCUT2D eigenvalue weighted by Crippen LogP contribution is 2.32. The number of rotatable bonds is 3. The van der Waals surface area contributed by atoms with E-state index in [1.807, 2.05) is 0 Å². The van der Waals surface area contributed by atoms with Gasteiger partial charge < -0.3 is 10.0 Å². The van der Waals surface area contributed by atoms with Crippen LogP contribution in [0.3, 0.4) is 0 Å². The monoisotopic (exact) mass is 169 g/mol. The molecule has 2 aliphatic carbocycles. The molecule has 0 saturated heterocycles. The van der Waals surface area contributed by atoms with Crippen molar-refractivity contribution in [3.63, 3.8) is 0 Å². The summed E-state index contributed by atoms with van der Waals surface area (Å²) in [5.41, 5.74) is 0. The van der Waals surface area contributed by atoms with Gasteiger partial charge >= 0.3 is 0 Å². The van der Waals surface area contributed by atoms with Crippen LogP contribution in [0.5, 0.6) is 0 Å². The highest BCUT2D eigenvalue weighted by Gasteiger charge is 2.31. The molecule has 1 N–H and O–H groups in total. The number of aliphatic hydroxyl groups is 1. The molecule has 12 heavy (non-hydrogen) atoms. The van der Waals surface area contributed by atoms with E-state index in [2.05, 4.69) is 11.9 Å². The molecule has 0 aromatic heterocycles. The largest absolute Gasteiger partial charge is 0.391 e. The van der Waals surface area contributed by atoms with Crippen LogP contribution >= 0.6 is 0 Å². The second-order valence-corrected chi connectivity index (χ2v) is 4.45. The van der Waals surface area contributed by atoms with Crippen molar-refractivity contribution in [1.82, 2.24) is 4.90 Å². The Morgan fingerprint density at radius 2 is 2.00 bits per heavy atom. The van der Waals surface area contributed by atoms with Crippen LogP contribution in [-0.2, 0) is 0 Å². The normalized spacial score (nSPS) is 36.2. The van der Waals surface area contributed by atoms with Crippen molar-refractivity contribution in [2.45, 2.75) is 44.2 Å². The Hall–Kier alpha value is -0.0800. The van der Waals surface area contributed by atoms with Crippen molar-refractivity contribution in [3.8, 4) is 0 Å². The minimum absolute atomic E-state index is 0.0475. The van der Waals surface area contributed by atoms with Gasteiger partial charge in [-0.1, -0.05) is 0 Å². The number of hydrogen-bond acceptors (Lipinski definition) is 2. The molecule has 0 unspecified atom stereocenters. The van der Waals surface area contributed by atoms with Crippen LogP contribution in [0.15, 0.2) is 0 Å². The summed E-state index contributed by atoms with van der Waals surface area (Å²) in [6.07, 6.45) is 6.19. The van der Waals surface area contributed by atoms with E-state index in [0.717, 1.165) is 12.3 Å². The summed E-state index contributed by atoms with van der Waals surface area (Å²) in [7, 11) is 2.16. The minimum Gasteiger partial charge on any atom is -0.391 e. The summed E-state index contributed by atoms with van der Waals surface area (Å²) in [5, 5.41) is 9.65. The van der Waals surface area contributed by atoms with Gasteiger partial charge in [-0.25, -0.2) is 0 Å². The SMILES string of the molecule is CN(CC1CC1)[C@@H]1CCC[C@H]1O. The van der Waals surface area contributed by atoms with E-state index >= 15 is 0 Å². The Kier molecular flexibility index (Phi) is 2.37.